The van der Waals surface area contributed by atoms with Crippen molar-refractivity contribution >= 4 is 27.7 Å². The van der Waals surface area contributed by atoms with Gasteiger partial charge in [0.15, 0.2) is 0 Å². The number of amides is 2. The minimum atomic E-state index is -0.214. The van der Waals surface area contributed by atoms with Crippen molar-refractivity contribution in [3.63, 3.8) is 0 Å². The van der Waals surface area contributed by atoms with Crippen LogP contribution in [0.25, 0.3) is 0 Å². The summed E-state index contributed by atoms with van der Waals surface area (Å²) in [7, 11) is 0. The molecule has 0 spiro atoms. The van der Waals surface area contributed by atoms with Crippen LogP contribution in [0.2, 0.25) is 0 Å². The number of nitrogens with zero attached hydrogens (tertiary/aromatic N) is 1. The Morgan fingerprint density at radius 2 is 2.24 bits per heavy atom. The summed E-state index contributed by atoms with van der Waals surface area (Å²) in [4.78, 5) is 27.4. The molecule has 4 nitrogen and oxygen atoms in total. The van der Waals surface area contributed by atoms with E-state index in [9.17, 15) is 9.59 Å². The molecule has 2 unspecified atom stereocenters. The van der Waals surface area contributed by atoms with E-state index < -0.39 is 0 Å². The van der Waals surface area contributed by atoms with Crippen LogP contribution in [0.3, 0.4) is 0 Å². The van der Waals surface area contributed by atoms with Crippen LogP contribution >= 0.6 is 15.9 Å². The molecule has 0 saturated carbocycles. The highest BCUT2D eigenvalue weighted by Gasteiger charge is 2.36. The number of imide groups is 1. The molecule has 1 aromatic rings. The van der Waals surface area contributed by atoms with Gasteiger partial charge in [0, 0.05) is 34.6 Å². The van der Waals surface area contributed by atoms with Crippen LogP contribution in [-0.4, -0.2) is 16.8 Å². The summed E-state index contributed by atoms with van der Waals surface area (Å²) in [6, 6.07) is 3.75. The van der Waals surface area contributed by atoms with Gasteiger partial charge in [0.25, 0.3) is 0 Å². The van der Waals surface area contributed by atoms with Gasteiger partial charge in [0.2, 0.25) is 11.8 Å². The molecular formula is C12H13BrN2O2. The summed E-state index contributed by atoms with van der Waals surface area (Å²) in [5.74, 6) is -0.663. The minimum absolute atomic E-state index is 0.102. The summed E-state index contributed by atoms with van der Waals surface area (Å²) in [5.41, 5.74) is 0.809. The molecule has 1 fully saturated rings. The van der Waals surface area contributed by atoms with Gasteiger partial charge in [-0.05, 0) is 34.5 Å². The largest absolute Gasteiger partial charge is 0.296 e. The van der Waals surface area contributed by atoms with Crippen molar-refractivity contribution < 1.29 is 9.59 Å². The number of rotatable bonds is 2. The molecule has 90 valence electrons. The molecule has 0 radical (unpaired) electrons. The smallest absolute Gasteiger partial charge is 0.230 e. The zero-order valence-electron chi connectivity index (χ0n) is 9.44. The number of pyridine rings is 1. The van der Waals surface area contributed by atoms with E-state index in [1.54, 1.807) is 6.20 Å². The molecule has 1 aromatic heterocycles. The van der Waals surface area contributed by atoms with E-state index in [0.29, 0.717) is 12.8 Å². The molecule has 2 amide bonds. The zero-order chi connectivity index (χ0) is 12.4. The van der Waals surface area contributed by atoms with Crippen LogP contribution in [0.4, 0.5) is 0 Å². The van der Waals surface area contributed by atoms with Crippen molar-refractivity contribution in [1.82, 2.24) is 10.3 Å². The lowest BCUT2D eigenvalue weighted by Gasteiger charge is -2.28. The van der Waals surface area contributed by atoms with Gasteiger partial charge in [0.05, 0.1) is 0 Å². The van der Waals surface area contributed by atoms with Crippen LogP contribution in [0, 0.1) is 5.92 Å². The number of nitrogens with one attached hydrogen (secondary N) is 1. The lowest BCUT2D eigenvalue weighted by Crippen LogP contribution is -2.44. The van der Waals surface area contributed by atoms with Crippen molar-refractivity contribution in [3.05, 3.63) is 28.5 Å². The Kier molecular flexibility index (Phi) is 3.57. The first kappa shape index (κ1) is 12.2. The van der Waals surface area contributed by atoms with Gasteiger partial charge in [-0.1, -0.05) is 6.92 Å². The van der Waals surface area contributed by atoms with Gasteiger partial charge in [0.1, 0.15) is 0 Å². The first-order valence-electron chi connectivity index (χ1n) is 5.57. The van der Waals surface area contributed by atoms with Crippen molar-refractivity contribution in [2.45, 2.75) is 25.7 Å². The molecule has 2 heterocycles. The number of piperidine rings is 1. The van der Waals surface area contributed by atoms with Crippen LogP contribution in [0.15, 0.2) is 22.8 Å². The Hall–Kier alpha value is -1.23. The summed E-state index contributed by atoms with van der Waals surface area (Å²) >= 11 is 3.32. The monoisotopic (exact) mass is 296 g/mol. The Labute approximate surface area is 108 Å². The predicted octanol–water partition coefficient (Wildman–Crippen LogP) is 2.00. The highest BCUT2D eigenvalue weighted by molar-refractivity contribution is 9.10. The average Bonchev–Trinajstić information content (AvgIpc) is 2.29. The third kappa shape index (κ3) is 2.54. The van der Waals surface area contributed by atoms with E-state index in [-0.39, 0.29) is 23.7 Å². The highest BCUT2D eigenvalue weighted by Crippen LogP contribution is 2.32. The maximum atomic E-state index is 11.7. The number of hydrogen-bond acceptors (Lipinski definition) is 3. The topological polar surface area (TPSA) is 59.1 Å². The number of aromatic nitrogens is 1. The van der Waals surface area contributed by atoms with Gasteiger partial charge in [-0.15, -0.1) is 0 Å². The first-order valence-corrected chi connectivity index (χ1v) is 6.36. The average molecular weight is 297 g/mol. The fraction of sp³-hybridized carbons (Fsp3) is 0.417. The fourth-order valence-electron chi connectivity index (χ4n) is 2.19. The number of carbonyl (C=O) groups excluding carboxylic acids is 2. The predicted molar refractivity (Wildman–Crippen MR) is 66.2 cm³/mol. The Morgan fingerprint density at radius 1 is 1.47 bits per heavy atom. The van der Waals surface area contributed by atoms with E-state index in [0.717, 1.165) is 10.2 Å². The molecule has 5 heteroatoms. The van der Waals surface area contributed by atoms with Crippen LogP contribution < -0.4 is 5.32 Å². The normalized spacial score (nSPS) is 24.6. The van der Waals surface area contributed by atoms with E-state index in [2.05, 4.69) is 26.2 Å². The number of halogens is 1. The summed E-state index contributed by atoms with van der Waals surface area (Å²) < 4.78 is 0.890. The van der Waals surface area contributed by atoms with E-state index >= 15 is 0 Å². The summed E-state index contributed by atoms with van der Waals surface area (Å²) in [6.45, 7) is 1.95. The lowest BCUT2D eigenvalue weighted by molar-refractivity contribution is -0.137. The van der Waals surface area contributed by atoms with Crippen LogP contribution in [0.5, 0.6) is 0 Å². The standard InChI is InChI=1S/C12H13BrN2O2/c1-2-8-9(5-11(16)15-12(8)17)10-4-3-7(13)6-14-10/h3-4,6,8-9H,2,5H2,1H3,(H,15,16,17). The second kappa shape index (κ2) is 4.96. The van der Waals surface area contributed by atoms with Gasteiger partial charge in [-0.2, -0.15) is 0 Å². The molecule has 1 saturated heterocycles. The second-order valence-electron chi connectivity index (χ2n) is 4.14. The Morgan fingerprint density at radius 3 is 2.82 bits per heavy atom. The van der Waals surface area contributed by atoms with Gasteiger partial charge in [-0.3, -0.25) is 19.9 Å². The quantitative estimate of drug-likeness (QED) is 0.849. The number of carbonyl (C=O) groups is 2. The van der Waals surface area contributed by atoms with Crippen molar-refractivity contribution in [2.24, 2.45) is 5.92 Å². The minimum Gasteiger partial charge on any atom is -0.296 e. The Balaban J connectivity index is 2.30. The highest BCUT2D eigenvalue weighted by atomic mass is 79.9. The molecule has 2 rings (SSSR count). The van der Waals surface area contributed by atoms with Crippen LogP contribution in [0.1, 0.15) is 31.4 Å². The third-order valence-corrected chi connectivity index (χ3v) is 3.53. The molecule has 1 aliphatic heterocycles. The van der Waals surface area contributed by atoms with Crippen LogP contribution in [-0.2, 0) is 9.59 Å². The molecule has 17 heavy (non-hydrogen) atoms. The lowest BCUT2D eigenvalue weighted by atomic mass is 9.81. The maximum absolute atomic E-state index is 11.7. The fourth-order valence-corrected chi connectivity index (χ4v) is 2.43. The molecule has 0 bridgehead atoms. The van der Waals surface area contributed by atoms with E-state index in [1.807, 2.05) is 19.1 Å². The zero-order valence-corrected chi connectivity index (χ0v) is 11.0. The maximum Gasteiger partial charge on any atom is 0.230 e. The molecule has 0 aromatic carbocycles. The molecule has 1 aliphatic rings. The van der Waals surface area contributed by atoms with Gasteiger partial charge < -0.3 is 0 Å². The summed E-state index contributed by atoms with van der Waals surface area (Å²) in [5, 5.41) is 2.38. The Bertz CT molecular complexity index is 444. The van der Waals surface area contributed by atoms with Crippen molar-refractivity contribution in [2.75, 3.05) is 0 Å². The summed E-state index contributed by atoms with van der Waals surface area (Å²) in [6.07, 6.45) is 2.74. The molecule has 2 atom stereocenters. The van der Waals surface area contributed by atoms with E-state index in [1.165, 1.54) is 0 Å². The van der Waals surface area contributed by atoms with Crippen molar-refractivity contribution in [3.8, 4) is 0 Å². The molecule has 1 N–H and O–H groups in total. The SMILES string of the molecule is CCC1C(=O)NC(=O)CC1c1ccc(Br)cn1. The van der Waals surface area contributed by atoms with Crippen molar-refractivity contribution in [1.29, 1.82) is 0 Å². The first-order chi connectivity index (χ1) is 8.11. The van der Waals surface area contributed by atoms with Gasteiger partial charge in [-0.25, -0.2) is 0 Å². The molecular weight excluding hydrogens is 284 g/mol. The number of hydrogen-bond donors (Lipinski definition) is 1. The molecule has 0 aliphatic carbocycles. The van der Waals surface area contributed by atoms with Gasteiger partial charge >= 0.3 is 0 Å². The third-order valence-electron chi connectivity index (χ3n) is 3.06. The van der Waals surface area contributed by atoms with E-state index in [4.69, 9.17) is 0 Å². The second-order valence-corrected chi connectivity index (χ2v) is 5.05.